The first kappa shape index (κ1) is 15.5. The molecule has 112 valence electrons. The third-order valence-electron chi connectivity index (χ3n) is 3.73. The molecule has 4 nitrogen and oxygen atoms in total. The van der Waals surface area contributed by atoms with Gasteiger partial charge in [-0.3, -0.25) is 0 Å². The highest BCUT2D eigenvalue weighted by molar-refractivity contribution is 7.89. The van der Waals surface area contributed by atoms with E-state index in [9.17, 15) is 8.42 Å². The quantitative estimate of drug-likeness (QED) is 0.808. The Labute approximate surface area is 121 Å². The fraction of sp³-hybridized carbons (Fsp3) is 0.600. The van der Waals surface area contributed by atoms with Gasteiger partial charge in [0.15, 0.2) is 0 Å². The monoisotopic (exact) mass is 297 g/mol. The lowest BCUT2D eigenvalue weighted by atomic mass is 9.99. The maximum absolute atomic E-state index is 12.1. The van der Waals surface area contributed by atoms with Crippen molar-refractivity contribution in [3.63, 3.8) is 0 Å². The number of ether oxygens (including phenoxy) is 1. The number of rotatable bonds is 6. The Kier molecular flexibility index (Phi) is 5.18. The van der Waals surface area contributed by atoms with E-state index in [0.717, 1.165) is 12.8 Å². The first-order valence-corrected chi connectivity index (χ1v) is 8.76. The van der Waals surface area contributed by atoms with Gasteiger partial charge in [-0.25, -0.2) is 12.7 Å². The zero-order chi connectivity index (χ0) is 14.6. The fourth-order valence-corrected chi connectivity index (χ4v) is 3.77. The normalized spacial score (nSPS) is 19.1. The van der Waals surface area contributed by atoms with Gasteiger partial charge in [-0.1, -0.05) is 37.6 Å². The molecule has 1 heterocycles. The van der Waals surface area contributed by atoms with Crippen LogP contribution in [0.4, 0.5) is 0 Å². The molecule has 1 atom stereocenters. The summed E-state index contributed by atoms with van der Waals surface area (Å²) in [6.07, 6.45) is 2.33. The number of nitrogens with zero attached hydrogens (tertiary/aromatic N) is 1. The first-order chi connectivity index (χ1) is 9.53. The molecule has 0 radical (unpaired) electrons. The highest BCUT2D eigenvalue weighted by Gasteiger charge is 2.25. The highest BCUT2D eigenvalue weighted by Crippen LogP contribution is 2.21. The number of likely N-dealkylation sites (N-methyl/N-ethyl adjacent to an activating group) is 1. The van der Waals surface area contributed by atoms with Crippen molar-refractivity contribution in [2.24, 2.45) is 0 Å². The van der Waals surface area contributed by atoms with Crippen LogP contribution in [0, 0.1) is 0 Å². The molecule has 0 spiro atoms. The van der Waals surface area contributed by atoms with E-state index in [-0.39, 0.29) is 11.9 Å². The van der Waals surface area contributed by atoms with Crippen LogP contribution in [-0.2, 0) is 27.8 Å². The van der Waals surface area contributed by atoms with Gasteiger partial charge < -0.3 is 4.74 Å². The molecule has 0 bridgehead atoms. The van der Waals surface area contributed by atoms with Gasteiger partial charge in [-0.05, 0) is 17.5 Å². The van der Waals surface area contributed by atoms with Crippen LogP contribution in [0.5, 0.6) is 0 Å². The summed E-state index contributed by atoms with van der Waals surface area (Å²) in [6, 6.07) is 8.18. The number of hydrogen-bond acceptors (Lipinski definition) is 3. The van der Waals surface area contributed by atoms with E-state index in [1.165, 1.54) is 15.4 Å². The molecular weight excluding hydrogens is 274 g/mol. The van der Waals surface area contributed by atoms with Crippen LogP contribution in [0.15, 0.2) is 24.3 Å². The number of benzene rings is 1. The van der Waals surface area contributed by atoms with E-state index >= 15 is 0 Å². The Morgan fingerprint density at radius 1 is 1.30 bits per heavy atom. The zero-order valence-corrected chi connectivity index (χ0v) is 13.0. The summed E-state index contributed by atoms with van der Waals surface area (Å²) in [5.74, 6) is 0.226. The molecule has 1 aliphatic heterocycles. The van der Waals surface area contributed by atoms with Crippen LogP contribution in [0.3, 0.4) is 0 Å². The molecule has 2 rings (SSSR count). The summed E-state index contributed by atoms with van der Waals surface area (Å²) in [4.78, 5) is 0. The van der Waals surface area contributed by atoms with Gasteiger partial charge in [-0.15, -0.1) is 0 Å². The summed E-state index contributed by atoms with van der Waals surface area (Å²) >= 11 is 0. The summed E-state index contributed by atoms with van der Waals surface area (Å²) in [7, 11) is -1.50. The summed E-state index contributed by atoms with van der Waals surface area (Å²) in [5, 5.41) is 0. The van der Waals surface area contributed by atoms with E-state index in [4.69, 9.17) is 4.74 Å². The first-order valence-electron chi connectivity index (χ1n) is 7.15. The van der Waals surface area contributed by atoms with E-state index in [1.807, 2.05) is 19.1 Å². The maximum atomic E-state index is 12.1. The molecule has 0 aliphatic carbocycles. The molecule has 0 fully saturated rings. The summed E-state index contributed by atoms with van der Waals surface area (Å²) in [5.41, 5.74) is 2.48. The Balaban J connectivity index is 1.95. The van der Waals surface area contributed by atoms with Gasteiger partial charge in [0, 0.05) is 20.0 Å². The largest absolute Gasteiger partial charge is 0.372 e. The predicted octanol–water partition coefficient (Wildman–Crippen LogP) is 2.19. The Hall–Kier alpha value is -0.910. The number of unbranched alkanes of at least 4 members (excludes halogenated alkanes) is 1. The second-order valence-electron chi connectivity index (χ2n) is 5.36. The fourth-order valence-electron chi connectivity index (χ4n) is 2.41. The van der Waals surface area contributed by atoms with Crippen molar-refractivity contribution in [1.29, 1.82) is 0 Å². The molecule has 5 heteroatoms. The van der Waals surface area contributed by atoms with Gasteiger partial charge in [0.25, 0.3) is 0 Å². The Morgan fingerprint density at radius 3 is 2.70 bits per heavy atom. The lowest BCUT2D eigenvalue weighted by molar-refractivity contribution is 0.0202. The SMILES string of the molecule is CCCCS(=O)(=O)N(C)CC1Cc2ccccc2CO1. The lowest BCUT2D eigenvalue weighted by Crippen LogP contribution is -2.39. The van der Waals surface area contributed by atoms with Crippen molar-refractivity contribution in [3.8, 4) is 0 Å². The predicted molar refractivity (Wildman–Crippen MR) is 80.0 cm³/mol. The van der Waals surface area contributed by atoms with Crippen LogP contribution in [0.1, 0.15) is 30.9 Å². The minimum absolute atomic E-state index is 0.0497. The molecule has 0 N–H and O–H groups in total. The van der Waals surface area contributed by atoms with Crippen LogP contribution in [0.2, 0.25) is 0 Å². The zero-order valence-electron chi connectivity index (χ0n) is 12.2. The lowest BCUT2D eigenvalue weighted by Gasteiger charge is -2.28. The summed E-state index contributed by atoms with van der Waals surface area (Å²) in [6.45, 7) is 3.00. The highest BCUT2D eigenvalue weighted by atomic mass is 32.2. The third-order valence-corrected chi connectivity index (χ3v) is 5.64. The van der Waals surface area contributed by atoms with E-state index < -0.39 is 10.0 Å². The Morgan fingerprint density at radius 2 is 2.00 bits per heavy atom. The van der Waals surface area contributed by atoms with Crippen molar-refractivity contribution >= 4 is 10.0 Å². The van der Waals surface area contributed by atoms with Crippen molar-refractivity contribution in [3.05, 3.63) is 35.4 Å². The number of hydrogen-bond donors (Lipinski definition) is 0. The molecule has 1 aromatic carbocycles. The van der Waals surface area contributed by atoms with Crippen molar-refractivity contribution in [2.75, 3.05) is 19.3 Å². The van der Waals surface area contributed by atoms with Crippen LogP contribution >= 0.6 is 0 Å². The van der Waals surface area contributed by atoms with Crippen molar-refractivity contribution in [1.82, 2.24) is 4.31 Å². The number of fused-ring (bicyclic) bond motifs is 1. The van der Waals surface area contributed by atoms with Gasteiger partial charge in [0.1, 0.15) is 0 Å². The molecule has 0 saturated heterocycles. The van der Waals surface area contributed by atoms with Gasteiger partial charge in [0.2, 0.25) is 10.0 Å². The third kappa shape index (κ3) is 3.81. The van der Waals surface area contributed by atoms with Crippen molar-refractivity contribution in [2.45, 2.75) is 38.9 Å². The molecule has 1 aliphatic rings. The van der Waals surface area contributed by atoms with E-state index in [2.05, 4.69) is 12.1 Å². The minimum atomic E-state index is -3.15. The van der Waals surface area contributed by atoms with Crippen molar-refractivity contribution < 1.29 is 13.2 Å². The van der Waals surface area contributed by atoms with Crippen LogP contribution in [0.25, 0.3) is 0 Å². The second-order valence-corrected chi connectivity index (χ2v) is 7.55. The molecule has 1 aromatic rings. The average Bonchev–Trinajstić information content (AvgIpc) is 2.45. The minimum Gasteiger partial charge on any atom is -0.372 e. The number of sulfonamides is 1. The van der Waals surface area contributed by atoms with Gasteiger partial charge in [-0.2, -0.15) is 0 Å². The smallest absolute Gasteiger partial charge is 0.213 e. The Bertz CT molecular complexity index is 542. The van der Waals surface area contributed by atoms with E-state index in [0.29, 0.717) is 19.6 Å². The van der Waals surface area contributed by atoms with Gasteiger partial charge in [0.05, 0.1) is 18.5 Å². The van der Waals surface area contributed by atoms with Crippen LogP contribution in [-0.4, -0.2) is 38.2 Å². The average molecular weight is 297 g/mol. The standard InChI is InChI=1S/C15H23NO3S/c1-3-4-9-20(17,18)16(2)11-15-10-13-7-5-6-8-14(13)12-19-15/h5-8,15H,3-4,9-12H2,1-2H3. The molecule has 0 saturated carbocycles. The molecular formula is C15H23NO3S. The van der Waals surface area contributed by atoms with Gasteiger partial charge >= 0.3 is 0 Å². The van der Waals surface area contributed by atoms with E-state index in [1.54, 1.807) is 7.05 Å². The molecule has 0 amide bonds. The van der Waals surface area contributed by atoms with Crippen LogP contribution < -0.4 is 0 Å². The topological polar surface area (TPSA) is 46.6 Å². The molecule has 1 unspecified atom stereocenters. The summed E-state index contributed by atoms with van der Waals surface area (Å²) < 4.78 is 31.4. The molecule has 0 aromatic heterocycles. The second kappa shape index (κ2) is 6.70. The molecule has 20 heavy (non-hydrogen) atoms. The maximum Gasteiger partial charge on any atom is 0.213 e.